The second-order valence-corrected chi connectivity index (χ2v) is 6.16. The summed E-state index contributed by atoms with van der Waals surface area (Å²) in [5.74, 6) is -0.386. The van der Waals surface area contributed by atoms with E-state index < -0.39 is 0 Å². The molecule has 2 fully saturated rings. The highest BCUT2D eigenvalue weighted by molar-refractivity contribution is 5.95. The van der Waals surface area contributed by atoms with E-state index in [1.54, 1.807) is 29.1 Å². The predicted octanol–water partition coefficient (Wildman–Crippen LogP) is 0.492. The lowest BCUT2D eigenvalue weighted by atomic mass is 10.1. The van der Waals surface area contributed by atoms with Gasteiger partial charge in [0.1, 0.15) is 11.3 Å². The van der Waals surface area contributed by atoms with Crippen LogP contribution in [-0.2, 0) is 9.53 Å². The Kier molecular flexibility index (Phi) is 3.30. The number of rotatable bonds is 1. The van der Waals surface area contributed by atoms with Crippen molar-refractivity contribution in [2.45, 2.75) is 6.04 Å². The van der Waals surface area contributed by atoms with E-state index in [0.29, 0.717) is 37.6 Å². The number of nitrogens with zero attached hydrogens (tertiary/aromatic N) is 3. The van der Waals surface area contributed by atoms with E-state index in [9.17, 15) is 9.59 Å². The molecule has 4 rings (SSSR count). The molecule has 0 spiro atoms. The fourth-order valence-corrected chi connectivity index (χ4v) is 3.28. The first kappa shape index (κ1) is 14.2. The van der Waals surface area contributed by atoms with Crippen LogP contribution in [0.25, 0.3) is 11.0 Å². The van der Waals surface area contributed by atoms with Crippen molar-refractivity contribution in [3.63, 3.8) is 0 Å². The van der Waals surface area contributed by atoms with Crippen LogP contribution in [0, 0.1) is 5.92 Å². The maximum atomic E-state index is 12.8. The maximum absolute atomic E-state index is 12.8. The Morgan fingerprint density at radius 1 is 1.30 bits per heavy atom. The molecule has 7 nitrogen and oxygen atoms in total. The third-order valence-corrected chi connectivity index (χ3v) is 4.66. The van der Waals surface area contributed by atoms with Crippen LogP contribution in [0.1, 0.15) is 10.5 Å². The van der Waals surface area contributed by atoms with E-state index in [1.807, 2.05) is 12.1 Å². The van der Waals surface area contributed by atoms with Gasteiger partial charge in [-0.25, -0.2) is 4.98 Å². The van der Waals surface area contributed by atoms with Crippen molar-refractivity contribution in [2.24, 2.45) is 5.92 Å². The monoisotopic (exact) mass is 314 g/mol. The summed E-state index contributed by atoms with van der Waals surface area (Å²) < 4.78 is 5.56. The molecule has 4 heterocycles. The van der Waals surface area contributed by atoms with Gasteiger partial charge in [-0.15, -0.1) is 0 Å². The van der Waals surface area contributed by atoms with Crippen LogP contribution in [0.4, 0.5) is 0 Å². The van der Waals surface area contributed by atoms with Gasteiger partial charge in [0.2, 0.25) is 5.91 Å². The minimum atomic E-state index is -0.300. The lowest BCUT2D eigenvalue weighted by molar-refractivity contribution is -0.133. The summed E-state index contributed by atoms with van der Waals surface area (Å²) >= 11 is 0. The van der Waals surface area contributed by atoms with E-state index in [1.165, 1.54) is 0 Å². The highest BCUT2D eigenvalue weighted by Crippen LogP contribution is 2.21. The predicted molar refractivity (Wildman–Crippen MR) is 82.9 cm³/mol. The van der Waals surface area contributed by atoms with Crippen molar-refractivity contribution in [2.75, 3.05) is 33.4 Å². The maximum Gasteiger partial charge on any atom is 0.272 e. The fraction of sp³-hybridized carbons (Fsp3) is 0.438. The number of carbonyl (C=O) groups excluding carboxylic acids is 2. The third-order valence-electron chi connectivity index (χ3n) is 4.66. The zero-order valence-corrected chi connectivity index (χ0v) is 12.9. The minimum absolute atomic E-state index is 0.0515. The van der Waals surface area contributed by atoms with Gasteiger partial charge >= 0.3 is 0 Å². The summed E-state index contributed by atoms with van der Waals surface area (Å²) in [6, 6.07) is 5.43. The topological polar surface area (TPSA) is 78.5 Å². The molecule has 0 saturated carbocycles. The number of pyridine rings is 1. The molecule has 7 heteroatoms. The van der Waals surface area contributed by atoms with Gasteiger partial charge < -0.3 is 19.5 Å². The van der Waals surface area contributed by atoms with Gasteiger partial charge in [0, 0.05) is 31.7 Å². The molecular weight excluding hydrogens is 296 g/mol. The van der Waals surface area contributed by atoms with E-state index >= 15 is 0 Å². The summed E-state index contributed by atoms with van der Waals surface area (Å²) in [5, 5.41) is 0.970. The van der Waals surface area contributed by atoms with Gasteiger partial charge in [-0.1, -0.05) is 0 Å². The summed E-state index contributed by atoms with van der Waals surface area (Å²) in [7, 11) is 1.78. The standard InChI is InChI=1S/C16H18N4O3/c1-19-12-7-20(6-11(15(19)21)8-23-9-12)16(22)13-3-2-10-4-5-17-14(10)18-13/h2-5,11-12H,6-9H2,1H3,(H,17,18)/t11-,12+/m1/s1. The molecule has 0 aliphatic carbocycles. The van der Waals surface area contributed by atoms with Crippen LogP contribution in [0.2, 0.25) is 0 Å². The van der Waals surface area contributed by atoms with Crippen LogP contribution >= 0.6 is 0 Å². The Bertz CT molecular complexity index is 772. The van der Waals surface area contributed by atoms with Gasteiger partial charge in [0.05, 0.1) is 25.2 Å². The first-order valence-electron chi connectivity index (χ1n) is 7.71. The number of amides is 2. The Balaban J connectivity index is 1.64. The number of aromatic amines is 1. The van der Waals surface area contributed by atoms with E-state index in [2.05, 4.69) is 9.97 Å². The van der Waals surface area contributed by atoms with Gasteiger partial charge in [-0.3, -0.25) is 9.59 Å². The molecule has 0 radical (unpaired) electrons. The fourth-order valence-electron chi connectivity index (χ4n) is 3.28. The normalized spacial score (nSPS) is 24.8. The van der Waals surface area contributed by atoms with Gasteiger partial charge in [0.25, 0.3) is 5.91 Å². The SMILES string of the molecule is CN1C(=O)[C@H]2COC[C@@H]1CN(C(=O)c1ccc3cc[nH]c3n1)C2. The van der Waals surface area contributed by atoms with Crippen LogP contribution in [-0.4, -0.2) is 71.0 Å². The Hall–Kier alpha value is -2.41. The molecular formula is C16H18N4O3. The minimum Gasteiger partial charge on any atom is -0.378 e. The Morgan fingerprint density at radius 2 is 2.17 bits per heavy atom. The molecule has 2 amide bonds. The van der Waals surface area contributed by atoms with Crippen LogP contribution in [0.5, 0.6) is 0 Å². The van der Waals surface area contributed by atoms with Crippen LogP contribution in [0.15, 0.2) is 24.4 Å². The van der Waals surface area contributed by atoms with Crippen molar-refractivity contribution in [1.82, 2.24) is 19.8 Å². The highest BCUT2D eigenvalue weighted by atomic mass is 16.5. The number of H-pyrrole nitrogens is 1. The molecule has 2 saturated heterocycles. The number of hydrogen-bond acceptors (Lipinski definition) is 4. The molecule has 2 aromatic rings. The molecule has 2 aromatic heterocycles. The average Bonchev–Trinajstić information content (AvgIpc) is 2.92. The molecule has 0 unspecified atom stereocenters. The summed E-state index contributed by atoms with van der Waals surface area (Å²) in [6.07, 6.45) is 1.80. The molecule has 2 bridgehead atoms. The Morgan fingerprint density at radius 3 is 3.04 bits per heavy atom. The lowest BCUT2D eigenvalue weighted by Gasteiger charge is -2.29. The summed E-state index contributed by atoms with van der Waals surface area (Å²) in [4.78, 5) is 36.1. The molecule has 2 atom stereocenters. The van der Waals surface area contributed by atoms with Crippen molar-refractivity contribution in [3.8, 4) is 0 Å². The van der Waals surface area contributed by atoms with Crippen LogP contribution in [0.3, 0.4) is 0 Å². The van der Waals surface area contributed by atoms with Crippen molar-refractivity contribution < 1.29 is 14.3 Å². The molecule has 2 aliphatic heterocycles. The zero-order chi connectivity index (χ0) is 16.0. The number of ether oxygens (including phenoxy) is 1. The lowest BCUT2D eigenvalue weighted by Crippen LogP contribution is -2.45. The number of nitrogens with one attached hydrogen (secondary N) is 1. The molecule has 23 heavy (non-hydrogen) atoms. The van der Waals surface area contributed by atoms with Gasteiger partial charge in [-0.05, 0) is 18.2 Å². The van der Waals surface area contributed by atoms with Crippen LogP contribution < -0.4 is 0 Å². The van der Waals surface area contributed by atoms with Crippen molar-refractivity contribution in [1.29, 1.82) is 0 Å². The van der Waals surface area contributed by atoms with E-state index in [4.69, 9.17) is 4.74 Å². The smallest absolute Gasteiger partial charge is 0.272 e. The average molecular weight is 314 g/mol. The molecule has 2 aliphatic rings. The van der Waals surface area contributed by atoms with E-state index in [0.717, 1.165) is 5.39 Å². The highest BCUT2D eigenvalue weighted by Gasteiger charge is 2.39. The number of hydrogen-bond donors (Lipinski definition) is 1. The second kappa shape index (κ2) is 5.34. The number of fused-ring (bicyclic) bond motifs is 4. The van der Waals surface area contributed by atoms with Crippen molar-refractivity contribution in [3.05, 3.63) is 30.1 Å². The quantitative estimate of drug-likeness (QED) is 0.831. The van der Waals surface area contributed by atoms with Gasteiger partial charge in [-0.2, -0.15) is 0 Å². The number of carbonyl (C=O) groups is 2. The van der Waals surface area contributed by atoms with Gasteiger partial charge in [0.15, 0.2) is 0 Å². The first-order valence-corrected chi connectivity index (χ1v) is 7.71. The molecule has 0 aromatic carbocycles. The summed E-state index contributed by atoms with van der Waals surface area (Å²) in [5.41, 5.74) is 1.10. The van der Waals surface area contributed by atoms with E-state index in [-0.39, 0.29) is 23.8 Å². The largest absolute Gasteiger partial charge is 0.378 e. The number of likely N-dealkylation sites (N-methyl/N-ethyl adjacent to an activating group) is 1. The summed E-state index contributed by atoms with van der Waals surface area (Å²) in [6.45, 7) is 1.68. The Labute approximate surface area is 133 Å². The number of aromatic nitrogens is 2. The first-order chi connectivity index (χ1) is 11.1. The van der Waals surface area contributed by atoms with Crippen molar-refractivity contribution >= 4 is 22.8 Å². The molecule has 120 valence electrons. The third kappa shape index (κ3) is 2.37. The zero-order valence-electron chi connectivity index (χ0n) is 12.9. The second-order valence-electron chi connectivity index (χ2n) is 6.16. The molecule has 1 N–H and O–H groups in total.